The van der Waals surface area contributed by atoms with Gasteiger partial charge in [0.05, 0.1) is 17.8 Å². The number of phenols is 2. The summed E-state index contributed by atoms with van der Waals surface area (Å²) in [5, 5.41) is 87.9. The van der Waals surface area contributed by atoms with Crippen molar-refractivity contribution in [3.05, 3.63) is 172 Å². The molecule has 1 aliphatic carbocycles. The molecule has 3 heterocycles. The molecule has 0 unspecified atom stereocenters. The van der Waals surface area contributed by atoms with Crippen LogP contribution in [0.4, 0.5) is 5.69 Å². The summed E-state index contributed by atoms with van der Waals surface area (Å²) in [5.41, 5.74) is 8.74. The Morgan fingerprint density at radius 3 is 2.03 bits per heavy atom. The van der Waals surface area contributed by atoms with E-state index in [1.807, 2.05) is 0 Å². The maximum atomic E-state index is 15.3. The molecule has 101 heavy (non-hydrogen) atoms. The number of fused-ring (bicyclic) bond motifs is 3. The first-order valence-electron chi connectivity index (χ1n) is 32.0. The quantitative estimate of drug-likeness (QED) is 0.0212. The second-order valence-corrected chi connectivity index (χ2v) is 27.1. The van der Waals surface area contributed by atoms with Crippen LogP contribution in [0.1, 0.15) is 60.2 Å². The van der Waals surface area contributed by atoms with E-state index < -0.39 is 125 Å². The number of aliphatic hydroxyl groups is 2. The Hall–Kier alpha value is -10.6. The highest BCUT2D eigenvalue weighted by Gasteiger charge is 2.38. The van der Waals surface area contributed by atoms with E-state index in [0.29, 0.717) is 50.5 Å². The number of aromatic hydroxyl groups is 2. The number of carbonyl (C=O) groups excluding carboxylic acids is 7. The first-order chi connectivity index (χ1) is 48.3. The molecular weight excluding hydrogens is 1360 g/mol. The van der Waals surface area contributed by atoms with Crippen molar-refractivity contribution in [1.29, 1.82) is 0 Å². The van der Waals surface area contributed by atoms with Gasteiger partial charge in [0, 0.05) is 82.2 Å². The van der Waals surface area contributed by atoms with Crippen LogP contribution in [-0.2, 0) is 57.6 Å². The lowest BCUT2D eigenvalue weighted by Gasteiger charge is -2.29. The molecule has 2 aliphatic heterocycles. The number of benzene rings is 6. The van der Waals surface area contributed by atoms with Crippen LogP contribution in [0.2, 0.25) is 0 Å². The van der Waals surface area contributed by atoms with Crippen molar-refractivity contribution in [2.24, 2.45) is 5.73 Å². The Labute approximate surface area is 590 Å². The number of rotatable bonds is 21. The number of amides is 7. The number of hydrogen-bond acceptors (Lipinski definition) is 19. The normalized spacial score (nSPS) is 19.4. The Morgan fingerprint density at radius 2 is 1.33 bits per heavy atom. The molecular formula is C70H75N11O17S3. The number of aliphatic carboxylic acids is 1. The molecule has 0 radical (unpaired) electrons. The van der Waals surface area contributed by atoms with E-state index in [0.717, 1.165) is 28.5 Å². The summed E-state index contributed by atoms with van der Waals surface area (Å²) in [6.07, 6.45) is -1.72. The number of para-hydroxylation sites is 1. The second-order valence-electron chi connectivity index (χ2n) is 24.1. The van der Waals surface area contributed by atoms with Crippen LogP contribution in [0.15, 0.2) is 149 Å². The van der Waals surface area contributed by atoms with Gasteiger partial charge in [0.1, 0.15) is 65.1 Å². The van der Waals surface area contributed by atoms with Crippen molar-refractivity contribution in [3.8, 4) is 33.9 Å². The highest BCUT2D eigenvalue weighted by molar-refractivity contribution is 8.76. The summed E-state index contributed by atoms with van der Waals surface area (Å²) in [6, 6.07) is 21.2. The zero-order valence-corrected chi connectivity index (χ0v) is 56.8. The van der Waals surface area contributed by atoms with Crippen molar-refractivity contribution in [2.45, 2.75) is 113 Å². The molecule has 10 atom stereocenters. The largest absolute Gasteiger partial charge is 0.508 e. The fraction of sp³-hybridized carbons (Fsp3) is 0.300. The predicted octanol–water partition coefficient (Wildman–Crippen LogP) is 3.30. The SMILES string of the molecule is C[C@@H](O)[C@H](NC(=O)[C@@H]1CSSC[C@H](NC(=O)[C@@H](Cc2ccccc2)NC(=S)Nc2ccc(-c3c4ccc(=O)cc-4oc4cc(O)ccc34)c(C(=O)O)c2)C(=O)N[C@@H](Cc2ccc(O)cc2)C(=O)N[C@H](Cc2c[nH]c3ccccc23)C(=O)N[C@@H](CCCCN)C(=O)N[C@H]([C@@H](C)O)C(=O)N1)C(=O)O. The number of thiocarbonyl (C=S) groups is 1. The van der Waals surface area contributed by atoms with E-state index in [1.54, 1.807) is 66.9 Å². The van der Waals surface area contributed by atoms with Crippen LogP contribution < -0.4 is 59.0 Å². The van der Waals surface area contributed by atoms with Gasteiger partial charge in [-0.15, -0.1) is 0 Å². The summed E-state index contributed by atoms with van der Waals surface area (Å²) < 4.78 is 5.99. The van der Waals surface area contributed by atoms with Crippen LogP contribution >= 0.6 is 33.8 Å². The number of aromatic amines is 1. The summed E-state index contributed by atoms with van der Waals surface area (Å²) in [7, 11) is 1.72. The molecule has 28 nitrogen and oxygen atoms in total. The molecule has 18 N–H and O–H groups in total. The van der Waals surface area contributed by atoms with Crippen LogP contribution in [0, 0.1) is 0 Å². The minimum atomic E-state index is -1.89. The van der Waals surface area contributed by atoms with Crippen molar-refractivity contribution >= 4 is 120 Å². The first kappa shape index (κ1) is 74.6. The Bertz CT molecular complexity index is 4400. The molecule has 5 aromatic carbocycles. The van der Waals surface area contributed by atoms with Gasteiger partial charge in [0.15, 0.2) is 16.6 Å². The topological polar surface area (TPSA) is 455 Å². The average molecular weight is 1440 g/mol. The number of nitrogens with two attached hydrogens (primary N) is 1. The number of phenolic OH excluding ortho intramolecular Hbond substituents is 2. The third kappa shape index (κ3) is 19.7. The Balaban J connectivity index is 1.08. The summed E-state index contributed by atoms with van der Waals surface area (Å²) in [5.74, 6) is -10.9. The molecule has 0 saturated carbocycles. The van der Waals surface area contributed by atoms with E-state index >= 15 is 14.4 Å². The van der Waals surface area contributed by atoms with E-state index in [4.69, 9.17) is 22.4 Å². The molecule has 7 amide bonds. The van der Waals surface area contributed by atoms with Crippen molar-refractivity contribution in [2.75, 3.05) is 23.4 Å². The van der Waals surface area contributed by atoms with Crippen LogP contribution in [-0.4, -0.2) is 173 Å². The first-order valence-corrected chi connectivity index (χ1v) is 34.9. The van der Waals surface area contributed by atoms with Gasteiger partial charge in [0.2, 0.25) is 41.4 Å². The van der Waals surface area contributed by atoms with Gasteiger partial charge in [-0.25, -0.2) is 9.59 Å². The lowest BCUT2D eigenvalue weighted by molar-refractivity contribution is -0.145. The maximum Gasteiger partial charge on any atom is 0.336 e. The molecule has 0 spiro atoms. The van der Waals surface area contributed by atoms with Crippen molar-refractivity contribution in [3.63, 3.8) is 0 Å². The van der Waals surface area contributed by atoms with E-state index in [1.165, 1.54) is 79.7 Å². The number of unbranched alkanes of at least 4 members (excludes halogenated alkanes) is 1. The van der Waals surface area contributed by atoms with Gasteiger partial charge < -0.3 is 93.6 Å². The lowest BCUT2D eigenvalue weighted by atomic mass is 9.90. The lowest BCUT2D eigenvalue weighted by Crippen LogP contribution is -2.62. The Morgan fingerprint density at radius 1 is 0.663 bits per heavy atom. The number of aromatic carboxylic acids is 1. The number of nitrogens with one attached hydrogen (secondary N) is 10. The number of hydrogen-bond donors (Lipinski definition) is 17. The van der Waals surface area contributed by atoms with Gasteiger partial charge in [-0.1, -0.05) is 88.3 Å². The third-order valence-corrected chi connectivity index (χ3v) is 19.2. The number of carboxylic acid groups (broad SMARTS) is 2. The van der Waals surface area contributed by atoms with Crippen LogP contribution in [0.5, 0.6) is 11.5 Å². The second kappa shape index (κ2) is 34.5. The highest BCUT2D eigenvalue weighted by atomic mass is 33.1. The van der Waals surface area contributed by atoms with Gasteiger partial charge in [-0.05, 0) is 129 Å². The molecule has 1 saturated heterocycles. The summed E-state index contributed by atoms with van der Waals surface area (Å²) in [6.45, 7) is 2.47. The zero-order valence-electron chi connectivity index (χ0n) is 54.4. The van der Waals surface area contributed by atoms with Gasteiger partial charge in [0.25, 0.3) is 0 Å². The van der Waals surface area contributed by atoms with Gasteiger partial charge in [-0.2, -0.15) is 0 Å². The number of H-pyrrole nitrogens is 1. The molecule has 31 heteroatoms. The monoisotopic (exact) mass is 1440 g/mol. The fourth-order valence-corrected chi connectivity index (χ4v) is 14.0. The third-order valence-electron chi connectivity index (χ3n) is 16.6. The smallest absolute Gasteiger partial charge is 0.336 e. The zero-order chi connectivity index (χ0) is 72.6. The van der Waals surface area contributed by atoms with Crippen molar-refractivity contribution < 1.29 is 78.2 Å². The number of anilines is 1. The molecule has 1 aromatic heterocycles. The summed E-state index contributed by atoms with van der Waals surface area (Å²) >= 11 is 5.83. The minimum absolute atomic E-state index is 0.0759. The summed E-state index contributed by atoms with van der Waals surface area (Å²) in [4.78, 5) is 145. The van der Waals surface area contributed by atoms with Crippen LogP contribution in [0.25, 0.3) is 44.3 Å². The minimum Gasteiger partial charge on any atom is -0.508 e. The average Bonchev–Trinajstić information content (AvgIpc) is 0.866. The number of aromatic nitrogens is 1. The number of aliphatic hydroxyl groups excluding tert-OH is 2. The van der Waals surface area contributed by atoms with Gasteiger partial charge >= 0.3 is 11.9 Å². The van der Waals surface area contributed by atoms with Crippen LogP contribution in [0.3, 0.4) is 0 Å². The molecule has 530 valence electrons. The highest BCUT2D eigenvalue weighted by Crippen LogP contribution is 2.42. The number of carbonyl (C=O) groups is 9. The molecule has 3 aliphatic rings. The molecule has 9 rings (SSSR count). The molecule has 1 fully saturated rings. The van der Waals surface area contributed by atoms with Gasteiger partial charge in [-0.3, -0.25) is 38.4 Å². The fourth-order valence-electron chi connectivity index (χ4n) is 11.4. The van der Waals surface area contributed by atoms with E-state index in [-0.39, 0.29) is 88.8 Å². The maximum absolute atomic E-state index is 15.3. The Kier molecular flexibility index (Phi) is 25.5. The predicted molar refractivity (Wildman–Crippen MR) is 383 cm³/mol. The van der Waals surface area contributed by atoms with Crippen molar-refractivity contribution in [1.82, 2.24) is 47.5 Å². The molecule has 6 aromatic rings. The number of carboxylic acids is 2. The van der Waals surface area contributed by atoms with E-state index in [2.05, 4.69) is 52.8 Å². The molecule has 0 bridgehead atoms. The standard InChI is InChI=1S/C70H75N11O17S3/c1-35(82)59-67(93)78-55(66(92)81-60(36(2)83)69(96)97)34-101-100-33-54(65(91)75-51(27-38-15-18-41(84)19-16-38)62(88)76-53(28-39-32-72-49-13-7-6-12-44(39)49)64(90)74-50(61(87)80-59)14-8-9-25-71)77-63(89)52(26-37-10-4-3-5-11-37)79-70(99)73-40-17-22-45(48(29-40)68(94)95)58-46-23-20-42(85)30-56(46)98-57-31-43(86)21-24-47(57)58/h3-7,10-13,15-24,29-32,35-36,50-55,59-60,72,82-85H,8-9,14,25-28,33-34,71H2,1-2H3,(H,74,90)(H,75,91)(H,76,88)(H,77,89)(H,78,93)(H,80,87)(H,81,92)(H,94,95)(H,96,97)(H2,73,79,99)/t35-,36-,50+,51+,52-,53-,54+,55+,59-,60+/m1/s1. The van der Waals surface area contributed by atoms with E-state index in [9.17, 15) is 64.2 Å².